The number of hydrogen-bond acceptors (Lipinski definition) is 4. The first-order chi connectivity index (χ1) is 14.1. The van der Waals surface area contributed by atoms with E-state index in [1.54, 1.807) is 0 Å². The van der Waals surface area contributed by atoms with Gasteiger partial charge in [-0.2, -0.15) is 0 Å². The van der Waals surface area contributed by atoms with Crippen molar-refractivity contribution < 1.29 is 14.6 Å². The van der Waals surface area contributed by atoms with Gasteiger partial charge in [0.05, 0.1) is 0 Å². The number of piperazine rings is 1. The van der Waals surface area contributed by atoms with Crippen molar-refractivity contribution in [3.63, 3.8) is 0 Å². The summed E-state index contributed by atoms with van der Waals surface area (Å²) in [6.45, 7) is 7.95. The molecular weight excluding hydrogens is 364 g/mol. The summed E-state index contributed by atoms with van der Waals surface area (Å²) in [4.78, 5) is 16.8. The molecule has 156 valence electrons. The third-order valence-corrected chi connectivity index (χ3v) is 5.51. The van der Waals surface area contributed by atoms with Crippen LogP contribution in [0.3, 0.4) is 0 Å². The molecule has 1 fully saturated rings. The zero-order valence-electron chi connectivity index (χ0n) is 17.5. The fourth-order valence-corrected chi connectivity index (χ4v) is 3.56. The fraction of sp³-hybridized carbons (Fsp3) is 0.458. The molecule has 1 atom stereocenters. The maximum atomic E-state index is 12.7. The Kier molecular flexibility index (Phi) is 7.67. The molecule has 1 unspecified atom stereocenters. The minimum Gasteiger partial charge on any atom is -0.491 e. The lowest BCUT2D eigenvalue weighted by molar-refractivity contribution is 0.0403. The number of β-amino-alcohol motifs (C(OH)–C–C–N with tert-alkyl or cyclic N) is 1. The van der Waals surface area contributed by atoms with Gasteiger partial charge in [0.2, 0.25) is 0 Å². The van der Waals surface area contributed by atoms with Crippen LogP contribution >= 0.6 is 0 Å². The van der Waals surface area contributed by atoms with E-state index in [0.29, 0.717) is 19.6 Å². The molecule has 0 radical (unpaired) electrons. The molecule has 1 saturated heterocycles. The van der Waals surface area contributed by atoms with Gasteiger partial charge in [-0.25, -0.2) is 0 Å². The Labute approximate surface area is 173 Å². The predicted octanol–water partition coefficient (Wildman–Crippen LogP) is 3.01. The van der Waals surface area contributed by atoms with Crippen molar-refractivity contribution in [2.24, 2.45) is 0 Å². The van der Waals surface area contributed by atoms with Crippen LogP contribution in [-0.2, 0) is 12.8 Å². The Balaban J connectivity index is 1.40. The van der Waals surface area contributed by atoms with Crippen LogP contribution in [0.15, 0.2) is 48.5 Å². The lowest BCUT2D eigenvalue weighted by atomic mass is 10.1. The topological polar surface area (TPSA) is 53.0 Å². The molecule has 1 aliphatic rings. The number of aliphatic hydroxyl groups is 1. The van der Waals surface area contributed by atoms with E-state index in [1.807, 2.05) is 53.4 Å². The molecule has 0 bridgehead atoms. The minimum atomic E-state index is -0.551. The summed E-state index contributed by atoms with van der Waals surface area (Å²) in [5.41, 5.74) is 3.26. The van der Waals surface area contributed by atoms with Crippen molar-refractivity contribution in [3.05, 3.63) is 65.2 Å². The van der Waals surface area contributed by atoms with Gasteiger partial charge in [0.25, 0.3) is 5.91 Å². The minimum absolute atomic E-state index is 0.0895. The number of aryl methyl sites for hydroxylation is 2. The van der Waals surface area contributed by atoms with Crippen LogP contribution in [0.4, 0.5) is 0 Å². The van der Waals surface area contributed by atoms with Crippen LogP contribution in [-0.4, -0.2) is 66.2 Å². The normalized spacial score (nSPS) is 15.9. The van der Waals surface area contributed by atoms with E-state index in [9.17, 15) is 9.90 Å². The lowest BCUT2D eigenvalue weighted by Gasteiger charge is -2.35. The van der Waals surface area contributed by atoms with Gasteiger partial charge in [-0.3, -0.25) is 9.69 Å². The highest BCUT2D eigenvalue weighted by Crippen LogP contribution is 2.14. The Morgan fingerprint density at radius 2 is 1.48 bits per heavy atom. The molecule has 0 spiro atoms. The molecule has 3 rings (SSSR count). The number of nitrogens with zero attached hydrogens (tertiary/aromatic N) is 2. The summed E-state index contributed by atoms with van der Waals surface area (Å²) in [6, 6.07) is 15.9. The molecule has 5 heteroatoms. The quantitative estimate of drug-likeness (QED) is 0.745. The number of ether oxygens (including phenoxy) is 1. The smallest absolute Gasteiger partial charge is 0.253 e. The molecule has 2 aromatic rings. The SMILES string of the molecule is CCc1ccc(OCC(O)CN2CCN(C(=O)c3ccc(CC)cc3)CC2)cc1. The Morgan fingerprint density at radius 1 is 0.931 bits per heavy atom. The largest absolute Gasteiger partial charge is 0.491 e. The highest BCUT2D eigenvalue weighted by Gasteiger charge is 2.23. The molecule has 2 aromatic carbocycles. The number of rotatable bonds is 8. The zero-order chi connectivity index (χ0) is 20.6. The van der Waals surface area contributed by atoms with Gasteiger partial charge in [0.15, 0.2) is 0 Å². The van der Waals surface area contributed by atoms with Crippen LogP contribution < -0.4 is 4.74 Å². The van der Waals surface area contributed by atoms with E-state index in [0.717, 1.165) is 37.2 Å². The fourth-order valence-electron chi connectivity index (χ4n) is 3.56. The molecule has 0 saturated carbocycles. The van der Waals surface area contributed by atoms with Gasteiger partial charge < -0.3 is 14.7 Å². The van der Waals surface area contributed by atoms with Crippen molar-refractivity contribution in [2.45, 2.75) is 32.8 Å². The summed E-state index contributed by atoms with van der Waals surface area (Å²) >= 11 is 0. The number of carbonyl (C=O) groups excluding carboxylic acids is 1. The average Bonchev–Trinajstić information content (AvgIpc) is 2.78. The summed E-state index contributed by atoms with van der Waals surface area (Å²) in [7, 11) is 0. The number of aliphatic hydroxyl groups excluding tert-OH is 1. The second kappa shape index (κ2) is 10.4. The van der Waals surface area contributed by atoms with Crippen LogP contribution in [0.2, 0.25) is 0 Å². The second-order valence-electron chi connectivity index (χ2n) is 7.61. The molecule has 0 aliphatic carbocycles. The molecule has 1 aliphatic heterocycles. The van der Waals surface area contributed by atoms with Gasteiger partial charge in [-0.1, -0.05) is 38.1 Å². The number of carbonyl (C=O) groups is 1. The van der Waals surface area contributed by atoms with Gasteiger partial charge in [-0.05, 0) is 48.2 Å². The average molecular weight is 397 g/mol. The van der Waals surface area contributed by atoms with Crippen LogP contribution in [0.5, 0.6) is 5.75 Å². The Morgan fingerprint density at radius 3 is 2.03 bits per heavy atom. The molecule has 1 N–H and O–H groups in total. The van der Waals surface area contributed by atoms with Crippen molar-refractivity contribution in [2.75, 3.05) is 39.3 Å². The second-order valence-corrected chi connectivity index (χ2v) is 7.61. The first-order valence-corrected chi connectivity index (χ1v) is 10.6. The summed E-state index contributed by atoms with van der Waals surface area (Å²) in [5.74, 6) is 0.873. The van der Waals surface area contributed by atoms with E-state index in [1.165, 1.54) is 11.1 Å². The zero-order valence-corrected chi connectivity index (χ0v) is 17.5. The number of hydrogen-bond donors (Lipinski definition) is 1. The van der Waals surface area contributed by atoms with Gasteiger partial charge in [0, 0.05) is 38.3 Å². The molecule has 5 nitrogen and oxygen atoms in total. The maximum absolute atomic E-state index is 12.7. The summed E-state index contributed by atoms with van der Waals surface area (Å²) in [6.07, 6.45) is 1.43. The monoisotopic (exact) mass is 396 g/mol. The first kappa shape index (κ1) is 21.3. The highest BCUT2D eigenvalue weighted by molar-refractivity contribution is 5.94. The van der Waals surface area contributed by atoms with Crippen LogP contribution in [0.25, 0.3) is 0 Å². The molecule has 0 aromatic heterocycles. The summed E-state index contributed by atoms with van der Waals surface area (Å²) in [5, 5.41) is 10.3. The van der Waals surface area contributed by atoms with E-state index in [2.05, 4.69) is 18.7 Å². The van der Waals surface area contributed by atoms with Gasteiger partial charge >= 0.3 is 0 Å². The standard InChI is InChI=1S/C24H32N2O3/c1-3-19-5-9-21(10-6-19)24(28)26-15-13-25(14-16-26)17-22(27)18-29-23-11-7-20(4-2)8-12-23/h5-12,22,27H,3-4,13-18H2,1-2H3. The number of benzene rings is 2. The summed E-state index contributed by atoms with van der Waals surface area (Å²) < 4.78 is 5.70. The maximum Gasteiger partial charge on any atom is 0.253 e. The molecular formula is C24H32N2O3. The van der Waals surface area contributed by atoms with E-state index in [4.69, 9.17) is 4.74 Å². The molecule has 1 amide bonds. The first-order valence-electron chi connectivity index (χ1n) is 10.6. The van der Waals surface area contributed by atoms with E-state index < -0.39 is 6.10 Å². The third-order valence-electron chi connectivity index (χ3n) is 5.51. The van der Waals surface area contributed by atoms with Crippen LogP contribution in [0, 0.1) is 0 Å². The third kappa shape index (κ3) is 6.05. The number of amides is 1. The van der Waals surface area contributed by atoms with E-state index in [-0.39, 0.29) is 12.5 Å². The van der Waals surface area contributed by atoms with Crippen molar-refractivity contribution >= 4 is 5.91 Å². The Bertz CT molecular complexity index is 766. The van der Waals surface area contributed by atoms with Crippen molar-refractivity contribution in [1.82, 2.24) is 9.80 Å². The molecule has 29 heavy (non-hydrogen) atoms. The predicted molar refractivity (Wildman–Crippen MR) is 115 cm³/mol. The highest BCUT2D eigenvalue weighted by atomic mass is 16.5. The molecule has 1 heterocycles. The van der Waals surface area contributed by atoms with E-state index >= 15 is 0 Å². The lowest BCUT2D eigenvalue weighted by Crippen LogP contribution is -2.50. The van der Waals surface area contributed by atoms with Crippen molar-refractivity contribution in [1.29, 1.82) is 0 Å². The van der Waals surface area contributed by atoms with Crippen molar-refractivity contribution in [3.8, 4) is 5.75 Å². The Hall–Kier alpha value is -2.37. The van der Waals surface area contributed by atoms with Crippen LogP contribution in [0.1, 0.15) is 35.3 Å². The van der Waals surface area contributed by atoms with Gasteiger partial charge in [0.1, 0.15) is 18.5 Å². The van der Waals surface area contributed by atoms with Gasteiger partial charge in [-0.15, -0.1) is 0 Å².